The first kappa shape index (κ1) is 14.5. The number of aliphatic carboxylic acids is 1. The number of carboxylic acid groups (broad SMARTS) is 1. The van der Waals surface area contributed by atoms with Gasteiger partial charge in [0.1, 0.15) is 0 Å². The van der Waals surface area contributed by atoms with Crippen molar-refractivity contribution in [2.45, 2.75) is 33.1 Å². The fourth-order valence-electron chi connectivity index (χ4n) is 1.19. The second kappa shape index (κ2) is 8.74. The van der Waals surface area contributed by atoms with E-state index < -0.39 is 5.97 Å². The summed E-state index contributed by atoms with van der Waals surface area (Å²) in [6, 6.07) is 0. The van der Waals surface area contributed by atoms with E-state index in [9.17, 15) is 4.79 Å². The van der Waals surface area contributed by atoms with Gasteiger partial charge in [0.2, 0.25) is 0 Å². The fraction of sp³-hybridized carbons (Fsp3) is 0.727. The van der Waals surface area contributed by atoms with Crippen LogP contribution in [0.4, 0.5) is 0 Å². The Morgan fingerprint density at radius 3 is 2.73 bits per heavy atom. The summed E-state index contributed by atoms with van der Waals surface area (Å²) in [5, 5.41) is 11.8. The highest BCUT2D eigenvalue weighted by Gasteiger charge is 2.04. The highest BCUT2D eigenvalue weighted by molar-refractivity contribution is 6.25. The molecule has 0 aliphatic rings. The summed E-state index contributed by atoms with van der Waals surface area (Å²) in [7, 11) is 0. The Balaban J connectivity index is 3.38. The van der Waals surface area contributed by atoms with E-state index >= 15 is 0 Å². The van der Waals surface area contributed by atoms with E-state index in [1.807, 2.05) is 6.92 Å². The first-order valence-corrected chi connectivity index (χ1v) is 5.68. The van der Waals surface area contributed by atoms with E-state index in [-0.39, 0.29) is 6.42 Å². The van der Waals surface area contributed by atoms with Crippen molar-refractivity contribution in [2.75, 3.05) is 13.1 Å². The van der Waals surface area contributed by atoms with Crippen LogP contribution in [0.15, 0.2) is 11.1 Å². The lowest BCUT2D eigenvalue weighted by Crippen LogP contribution is -2.19. The maximum absolute atomic E-state index is 10.3. The number of nitrogens with one attached hydrogen (secondary N) is 1. The lowest BCUT2D eigenvalue weighted by molar-refractivity contribution is -0.137. The van der Waals surface area contributed by atoms with Gasteiger partial charge in [-0.25, -0.2) is 0 Å². The van der Waals surface area contributed by atoms with Crippen molar-refractivity contribution in [1.82, 2.24) is 5.32 Å². The van der Waals surface area contributed by atoms with Crippen LogP contribution < -0.4 is 5.32 Å². The van der Waals surface area contributed by atoms with Gasteiger partial charge in [0.15, 0.2) is 0 Å². The van der Waals surface area contributed by atoms with Crippen LogP contribution in [0.1, 0.15) is 33.1 Å². The number of hydrogen-bond donors (Lipinski definition) is 2. The number of rotatable bonds is 8. The van der Waals surface area contributed by atoms with E-state index in [1.165, 1.54) is 0 Å². The predicted octanol–water partition coefficient (Wildman–Crippen LogP) is 2.61. The molecule has 0 spiro atoms. The van der Waals surface area contributed by atoms with E-state index in [2.05, 4.69) is 12.2 Å². The molecule has 0 aliphatic carbocycles. The predicted molar refractivity (Wildman–Crippen MR) is 63.1 cm³/mol. The van der Waals surface area contributed by atoms with Gasteiger partial charge in [-0.1, -0.05) is 18.5 Å². The lowest BCUT2D eigenvalue weighted by atomic mass is 10.0. The standard InChI is InChI=1S/C11H20ClNO2/c1-9(3-4-11(14)15)5-6-13-8-10(2)7-12/h7,9,13H,3-6,8H2,1-2H3,(H,14,15). The Morgan fingerprint density at radius 2 is 2.20 bits per heavy atom. The molecule has 0 aromatic carbocycles. The van der Waals surface area contributed by atoms with Gasteiger partial charge >= 0.3 is 5.97 Å². The van der Waals surface area contributed by atoms with Crippen molar-refractivity contribution in [2.24, 2.45) is 5.92 Å². The van der Waals surface area contributed by atoms with E-state index in [4.69, 9.17) is 16.7 Å². The summed E-state index contributed by atoms with van der Waals surface area (Å²) in [5.74, 6) is -0.260. The van der Waals surface area contributed by atoms with Gasteiger partial charge < -0.3 is 10.4 Å². The van der Waals surface area contributed by atoms with Crippen LogP contribution in [0.3, 0.4) is 0 Å². The number of hydrogen-bond acceptors (Lipinski definition) is 2. The molecule has 0 radical (unpaired) electrons. The summed E-state index contributed by atoms with van der Waals surface area (Å²) < 4.78 is 0. The third-order valence-corrected chi connectivity index (χ3v) is 2.63. The Labute approximate surface area is 96.5 Å². The molecule has 15 heavy (non-hydrogen) atoms. The van der Waals surface area contributed by atoms with Crippen LogP contribution in [0.25, 0.3) is 0 Å². The molecule has 0 heterocycles. The fourth-order valence-corrected chi connectivity index (χ4v) is 1.26. The third-order valence-electron chi connectivity index (χ3n) is 2.26. The Morgan fingerprint density at radius 1 is 1.53 bits per heavy atom. The highest BCUT2D eigenvalue weighted by atomic mass is 35.5. The van der Waals surface area contributed by atoms with E-state index in [0.29, 0.717) is 5.92 Å². The van der Waals surface area contributed by atoms with Gasteiger partial charge in [-0.05, 0) is 37.8 Å². The molecule has 0 aromatic heterocycles. The van der Waals surface area contributed by atoms with Gasteiger partial charge in [-0.15, -0.1) is 0 Å². The van der Waals surface area contributed by atoms with Crippen LogP contribution in [0, 0.1) is 5.92 Å². The first-order valence-electron chi connectivity index (χ1n) is 5.24. The number of carbonyl (C=O) groups is 1. The zero-order valence-electron chi connectivity index (χ0n) is 9.42. The quantitative estimate of drug-likeness (QED) is 0.634. The molecule has 1 atom stereocenters. The average Bonchev–Trinajstić information content (AvgIpc) is 2.21. The van der Waals surface area contributed by atoms with E-state index in [0.717, 1.165) is 31.5 Å². The zero-order chi connectivity index (χ0) is 11.7. The topological polar surface area (TPSA) is 49.3 Å². The molecule has 0 rings (SSSR count). The summed E-state index contributed by atoms with van der Waals surface area (Å²) in [4.78, 5) is 10.3. The van der Waals surface area contributed by atoms with Gasteiger partial charge in [0, 0.05) is 18.5 Å². The number of halogens is 1. The summed E-state index contributed by atoms with van der Waals surface area (Å²) >= 11 is 5.51. The Kier molecular flexibility index (Phi) is 8.43. The minimum Gasteiger partial charge on any atom is -0.481 e. The van der Waals surface area contributed by atoms with Crippen LogP contribution >= 0.6 is 11.6 Å². The Hall–Kier alpha value is -0.540. The molecule has 0 amide bonds. The maximum Gasteiger partial charge on any atom is 0.303 e. The Bertz CT molecular complexity index is 217. The first-order chi connectivity index (χ1) is 7.06. The summed E-state index contributed by atoms with van der Waals surface area (Å²) in [6.07, 6.45) is 2.02. The summed E-state index contributed by atoms with van der Waals surface area (Å²) in [5.41, 5.74) is 2.68. The van der Waals surface area contributed by atoms with Gasteiger partial charge in [-0.2, -0.15) is 0 Å². The minimum atomic E-state index is -0.712. The van der Waals surface area contributed by atoms with Crippen LogP contribution in [0.2, 0.25) is 0 Å². The van der Waals surface area contributed by atoms with Crippen molar-refractivity contribution in [3.05, 3.63) is 11.1 Å². The molecule has 1 unspecified atom stereocenters. The second-order valence-corrected chi connectivity index (χ2v) is 4.18. The maximum atomic E-state index is 10.3. The average molecular weight is 234 g/mol. The van der Waals surface area contributed by atoms with Gasteiger partial charge in [0.25, 0.3) is 0 Å². The van der Waals surface area contributed by atoms with Crippen molar-refractivity contribution >= 4 is 17.6 Å². The van der Waals surface area contributed by atoms with Crippen LogP contribution in [-0.2, 0) is 4.79 Å². The molecule has 0 bridgehead atoms. The van der Waals surface area contributed by atoms with Crippen molar-refractivity contribution in [3.8, 4) is 0 Å². The third kappa shape index (κ3) is 9.76. The van der Waals surface area contributed by atoms with E-state index in [1.54, 1.807) is 5.54 Å². The van der Waals surface area contributed by atoms with Gasteiger partial charge in [-0.3, -0.25) is 4.79 Å². The monoisotopic (exact) mass is 233 g/mol. The van der Waals surface area contributed by atoms with Crippen molar-refractivity contribution in [3.63, 3.8) is 0 Å². The van der Waals surface area contributed by atoms with Crippen molar-refractivity contribution in [1.29, 1.82) is 0 Å². The molecule has 0 aromatic rings. The lowest BCUT2D eigenvalue weighted by Gasteiger charge is -2.10. The largest absolute Gasteiger partial charge is 0.481 e. The normalized spacial score (nSPS) is 13.9. The molecule has 0 saturated heterocycles. The van der Waals surface area contributed by atoms with Crippen LogP contribution in [0.5, 0.6) is 0 Å². The summed E-state index contributed by atoms with van der Waals surface area (Å²) in [6.45, 7) is 5.75. The highest BCUT2D eigenvalue weighted by Crippen LogP contribution is 2.09. The number of carboxylic acids is 1. The smallest absolute Gasteiger partial charge is 0.303 e. The molecule has 0 aliphatic heterocycles. The minimum absolute atomic E-state index is 0.266. The van der Waals surface area contributed by atoms with Crippen molar-refractivity contribution < 1.29 is 9.90 Å². The molecule has 2 N–H and O–H groups in total. The SMILES string of the molecule is CC(=CCl)CNCCC(C)CCC(=O)O. The second-order valence-electron chi connectivity index (χ2n) is 3.96. The molecule has 0 fully saturated rings. The zero-order valence-corrected chi connectivity index (χ0v) is 10.2. The molecular weight excluding hydrogens is 214 g/mol. The molecule has 3 nitrogen and oxygen atoms in total. The molecular formula is C11H20ClNO2. The molecule has 88 valence electrons. The van der Waals surface area contributed by atoms with Gasteiger partial charge in [0.05, 0.1) is 0 Å². The molecule has 0 saturated carbocycles. The molecule has 4 heteroatoms. The van der Waals surface area contributed by atoms with Crippen LogP contribution in [-0.4, -0.2) is 24.2 Å².